The summed E-state index contributed by atoms with van der Waals surface area (Å²) in [5.74, 6) is 6.36. The first kappa shape index (κ1) is 23.1. The molecule has 1 aliphatic rings. The average Bonchev–Trinajstić information content (AvgIpc) is 3.31. The Morgan fingerprint density at radius 1 is 1.15 bits per heavy atom. The van der Waals surface area contributed by atoms with Crippen molar-refractivity contribution in [3.63, 3.8) is 0 Å². The highest BCUT2D eigenvalue weighted by molar-refractivity contribution is 7.10. The van der Waals surface area contributed by atoms with E-state index in [0.29, 0.717) is 6.61 Å². The van der Waals surface area contributed by atoms with Gasteiger partial charge in [0, 0.05) is 24.5 Å². The van der Waals surface area contributed by atoms with E-state index in [9.17, 15) is 4.79 Å². The molecule has 4 nitrogen and oxygen atoms in total. The van der Waals surface area contributed by atoms with Crippen LogP contribution >= 0.6 is 11.3 Å². The lowest BCUT2D eigenvalue weighted by Gasteiger charge is -2.27. The number of fused-ring (bicyclic) bond motifs is 1. The number of hydrogen-bond donors (Lipinski definition) is 0. The van der Waals surface area contributed by atoms with E-state index in [1.54, 1.807) is 6.92 Å². The Kier molecular flexibility index (Phi) is 7.83. The molecular weight excluding hydrogens is 430 g/mol. The van der Waals surface area contributed by atoms with Gasteiger partial charge in [0.1, 0.15) is 12.4 Å². The van der Waals surface area contributed by atoms with Gasteiger partial charge in [0.25, 0.3) is 0 Å². The minimum absolute atomic E-state index is 0.173. The van der Waals surface area contributed by atoms with Crippen LogP contribution in [0.5, 0.6) is 5.75 Å². The van der Waals surface area contributed by atoms with E-state index in [1.807, 2.05) is 35.6 Å². The quantitative estimate of drug-likeness (QED) is 0.327. The van der Waals surface area contributed by atoms with Gasteiger partial charge in [0.15, 0.2) is 0 Å². The lowest BCUT2D eigenvalue weighted by Crippen LogP contribution is -2.29. The molecule has 0 amide bonds. The van der Waals surface area contributed by atoms with Crippen molar-refractivity contribution in [3.8, 4) is 17.6 Å². The first-order chi connectivity index (χ1) is 16.1. The van der Waals surface area contributed by atoms with E-state index < -0.39 is 0 Å². The second-order valence-electron chi connectivity index (χ2n) is 8.23. The highest BCUT2D eigenvalue weighted by atomic mass is 32.1. The van der Waals surface area contributed by atoms with E-state index in [-0.39, 0.29) is 18.3 Å². The maximum atomic E-state index is 11.7. The molecule has 0 saturated carbocycles. The minimum Gasteiger partial charge on any atom is -0.489 e. The third-order valence-corrected chi connectivity index (χ3v) is 6.91. The number of nitrogens with zero attached hydrogens (tertiary/aromatic N) is 1. The Balaban J connectivity index is 1.33. The van der Waals surface area contributed by atoms with Gasteiger partial charge in [-0.05, 0) is 59.2 Å². The largest absolute Gasteiger partial charge is 0.489 e. The number of ether oxygens (including phenoxy) is 2. The Hall–Kier alpha value is -3.07. The van der Waals surface area contributed by atoms with Gasteiger partial charge >= 0.3 is 5.97 Å². The Morgan fingerprint density at radius 3 is 2.76 bits per heavy atom. The van der Waals surface area contributed by atoms with Crippen LogP contribution in [0.2, 0.25) is 0 Å². The Bertz CT molecular complexity index is 1140. The smallest absolute Gasteiger partial charge is 0.307 e. The number of esters is 1. The van der Waals surface area contributed by atoms with Crippen LogP contribution in [0.3, 0.4) is 0 Å². The summed E-state index contributed by atoms with van der Waals surface area (Å²) >= 11 is 1.88. The van der Waals surface area contributed by atoms with Gasteiger partial charge in [-0.3, -0.25) is 9.69 Å². The van der Waals surface area contributed by atoms with Crippen LogP contribution < -0.4 is 4.74 Å². The summed E-state index contributed by atoms with van der Waals surface area (Å²) in [6, 6.07) is 18.7. The Labute approximate surface area is 200 Å². The highest BCUT2D eigenvalue weighted by Crippen LogP contribution is 2.26. The van der Waals surface area contributed by atoms with E-state index in [1.165, 1.54) is 23.1 Å². The SMILES string of the molecule is CC#C[C@@H](CC(=O)OC)c1ccc(OCc2cccc(CN3CCc4sccc4C3)c2)cc1. The summed E-state index contributed by atoms with van der Waals surface area (Å²) in [4.78, 5) is 15.7. The minimum atomic E-state index is -0.261. The van der Waals surface area contributed by atoms with E-state index in [2.05, 4.69) is 52.5 Å². The van der Waals surface area contributed by atoms with Crippen LogP contribution in [0.15, 0.2) is 60.0 Å². The molecule has 1 aliphatic heterocycles. The molecular formula is C28H29NO3S. The summed E-state index contributed by atoms with van der Waals surface area (Å²) in [5, 5.41) is 2.20. The summed E-state index contributed by atoms with van der Waals surface area (Å²) in [5.41, 5.74) is 4.94. The fraction of sp³-hybridized carbons (Fsp3) is 0.321. The van der Waals surface area contributed by atoms with Gasteiger partial charge in [0.2, 0.25) is 0 Å². The predicted molar refractivity (Wildman–Crippen MR) is 132 cm³/mol. The van der Waals surface area contributed by atoms with Gasteiger partial charge in [-0.1, -0.05) is 42.3 Å². The summed E-state index contributed by atoms with van der Waals surface area (Å²) < 4.78 is 10.8. The predicted octanol–water partition coefficient (Wildman–Crippen LogP) is 5.56. The van der Waals surface area contributed by atoms with Crippen molar-refractivity contribution in [3.05, 3.63) is 87.1 Å². The lowest BCUT2D eigenvalue weighted by atomic mass is 9.96. The zero-order chi connectivity index (χ0) is 23.0. The molecule has 2 heterocycles. The molecule has 0 saturated heterocycles. The van der Waals surface area contributed by atoms with E-state index in [0.717, 1.165) is 42.9 Å². The van der Waals surface area contributed by atoms with Gasteiger partial charge in [-0.15, -0.1) is 17.3 Å². The molecule has 33 heavy (non-hydrogen) atoms. The molecule has 0 unspecified atom stereocenters. The van der Waals surface area contributed by atoms with Crippen molar-refractivity contribution in [2.24, 2.45) is 0 Å². The molecule has 1 atom stereocenters. The number of benzene rings is 2. The van der Waals surface area contributed by atoms with Crippen molar-refractivity contribution >= 4 is 17.3 Å². The van der Waals surface area contributed by atoms with Gasteiger partial charge < -0.3 is 9.47 Å². The molecule has 0 spiro atoms. The second kappa shape index (κ2) is 11.2. The molecule has 170 valence electrons. The summed E-state index contributed by atoms with van der Waals surface area (Å²) in [6.07, 6.45) is 1.39. The zero-order valence-electron chi connectivity index (χ0n) is 19.2. The van der Waals surface area contributed by atoms with Crippen molar-refractivity contribution in [2.75, 3.05) is 13.7 Å². The van der Waals surface area contributed by atoms with Crippen LogP contribution in [-0.4, -0.2) is 24.5 Å². The summed E-state index contributed by atoms with van der Waals surface area (Å²) in [6.45, 7) is 5.39. The van der Waals surface area contributed by atoms with Crippen molar-refractivity contribution in [1.29, 1.82) is 0 Å². The highest BCUT2D eigenvalue weighted by Gasteiger charge is 2.17. The molecule has 1 aromatic heterocycles. The number of carbonyl (C=O) groups excluding carboxylic acids is 1. The van der Waals surface area contributed by atoms with Crippen LogP contribution in [-0.2, 0) is 35.6 Å². The Morgan fingerprint density at radius 2 is 1.97 bits per heavy atom. The number of carbonyl (C=O) groups is 1. The summed E-state index contributed by atoms with van der Waals surface area (Å²) in [7, 11) is 1.40. The topological polar surface area (TPSA) is 38.8 Å². The lowest BCUT2D eigenvalue weighted by molar-refractivity contribution is -0.140. The average molecular weight is 460 g/mol. The van der Waals surface area contributed by atoms with Gasteiger partial charge in [-0.2, -0.15) is 0 Å². The molecule has 0 bridgehead atoms. The molecule has 4 rings (SSSR count). The van der Waals surface area contributed by atoms with Crippen LogP contribution in [0.25, 0.3) is 0 Å². The molecule has 0 fully saturated rings. The molecule has 2 aromatic carbocycles. The maximum absolute atomic E-state index is 11.7. The number of hydrogen-bond acceptors (Lipinski definition) is 5. The normalized spacial score (nSPS) is 14.0. The van der Waals surface area contributed by atoms with Crippen molar-refractivity contribution < 1.29 is 14.3 Å². The monoisotopic (exact) mass is 459 g/mol. The second-order valence-corrected chi connectivity index (χ2v) is 9.24. The zero-order valence-corrected chi connectivity index (χ0v) is 20.0. The number of methoxy groups -OCH3 is 1. The number of thiophene rings is 1. The fourth-order valence-electron chi connectivity index (χ4n) is 4.16. The third kappa shape index (κ3) is 6.25. The first-order valence-electron chi connectivity index (χ1n) is 11.2. The molecule has 0 radical (unpaired) electrons. The fourth-order valence-corrected chi connectivity index (χ4v) is 5.05. The van der Waals surface area contributed by atoms with E-state index in [4.69, 9.17) is 9.47 Å². The molecule has 0 aliphatic carbocycles. The van der Waals surface area contributed by atoms with Crippen LogP contribution in [0.1, 0.15) is 46.4 Å². The van der Waals surface area contributed by atoms with Gasteiger partial charge in [-0.25, -0.2) is 0 Å². The molecule has 0 N–H and O–H groups in total. The molecule has 5 heteroatoms. The maximum Gasteiger partial charge on any atom is 0.307 e. The van der Waals surface area contributed by atoms with Crippen molar-refractivity contribution in [2.45, 2.75) is 45.4 Å². The van der Waals surface area contributed by atoms with E-state index >= 15 is 0 Å². The molecule has 3 aromatic rings. The third-order valence-electron chi connectivity index (χ3n) is 5.89. The van der Waals surface area contributed by atoms with Crippen LogP contribution in [0.4, 0.5) is 0 Å². The first-order valence-corrected chi connectivity index (χ1v) is 12.1. The number of rotatable bonds is 8. The van der Waals surface area contributed by atoms with Gasteiger partial charge in [0.05, 0.1) is 19.4 Å². The van der Waals surface area contributed by atoms with Crippen molar-refractivity contribution in [1.82, 2.24) is 4.90 Å². The standard InChI is InChI=1S/C28H29NO3S/c1-3-5-24(17-28(30)31-2)23-8-10-26(11-9-23)32-20-22-7-4-6-21(16-22)18-29-14-12-27-25(19-29)13-15-33-27/h4,6-11,13,15-16,24H,12,14,17-20H2,1-2H3/t24-/m0/s1. The van der Waals surface area contributed by atoms with Crippen LogP contribution in [0, 0.1) is 11.8 Å².